The Labute approximate surface area is 114 Å². The van der Waals surface area contributed by atoms with Crippen LogP contribution < -0.4 is 10.1 Å². The van der Waals surface area contributed by atoms with Crippen molar-refractivity contribution in [2.45, 2.75) is 39.2 Å². The molecule has 106 valence electrons. The molecule has 0 aliphatic rings. The average molecular weight is 266 g/mol. The first-order valence-corrected chi connectivity index (χ1v) is 6.51. The first-order valence-electron chi connectivity index (χ1n) is 6.51. The Morgan fingerprint density at radius 3 is 2.63 bits per heavy atom. The van der Waals surface area contributed by atoms with Crippen molar-refractivity contribution in [1.82, 2.24) is 4.98 Å². The van der Waals surface area contributed by atoms with Crippen molar-refractivity contribution in [3.8, 4) is 5.88 Å². The van der Waals surface area contributed by atoms with Crippen LogP contribution in [0, 0.1) is 0 Å². The average Bonchev–Trinajstić information content (AvgIpc) is 2.45. The zero-order valence-electron chi connectivity index (χ0n) is 12.0. The highest BCUT2D eigenvalue weighted by molar-refractivity contribution is 5.96. The molecule has 0 aromatic carbocycles. The van der Waals surface area contributed by atoms with Crippen LogP contribution in [-0.4, -0.2) is 30.2 Å². The van der Waals surface area contributed by atoms with Gasteiger partial charge in [0.15, 0.2) is 0 Å². The Morgan fingerprint density at radius 2 is 2.16 bits per heavy atom. The highest BCUT2D eigenvalue weighted by atomic mass is 16.5. The van der Waals surface area contributed by atoms with Crippen molar-refractivity contribution in [3.05, 3.63) is 18.3 Å². The molecule has 19 heavy (non-hydrogen) atoms. The lowest BCUT2D eigenvalue weighted by atomic mass is 10.0. The van der Waals surface area contributed by atoms with Gasteiger partial charge in [0.25, 0.3) is 5.91 Å². The third kappa shape index (κ3) is 4.21. The van der Waals surface area contributed by atoms with Gasteiger partial charge in [-0.3, -0.25) is 4.79 Å². The Kier molecular flexibility index (Phi) is 5.76. The molecule has 1 atom stereocenters. The summed E-state index contributed by atoms with van der Waals surface area (Å²) in [6.07, 6.45) is 3.06. The number of nitrogens with zero attached hydrogens (tertiary/aromatic N) is 1. The lowest BCUT2D eigenvalue weighted by Gasteiger charge is -2.27. The van der Waals surface area contributed by atoms with Gasteiger partial charge >= 0.3 is 0 Å². The maximum absolute atomic E-state index is 12.2. The number of pyridine rings is 1. The second-order valence-corrected chi connectivity index (χ2v) is 4.48. The monoisotopic (exact) mass is 266 g/mol. The molecule has 1 aromatic rings. The number of anilines is 1. The van der Waals surface area contributed by atoms with Crippen LogP contribution in [0.15, 0.2) is 18.3 Å². The highest BCUT2D eigenvalue weighted by Gasteiger charge is 2.32. The van der Waals surface area contributed by atoms with Gasteiger partial charge in [-0.25, -0.2) is 4.98 Å². The van der Waals surface area contributed by atoms with E-state index in [4.69, 9.17) is 9.47 Å². The van der Waals surface area contributed by atoms with E-state index in [0.717, 1.165) is 6.42 Å². The van der Waals surface area contributed by atoms with Crippen LogP contribution in [0.4, 0.5) is 5.69 Å². The van der Waals surface area contributed by atoms with Crippen molar-refractivity contribution < 1.29 is 14.3 Å². The minimum Gasteiger partial charge on any atom is -0.481 e. The summed E-state index contributed by atoms with van der Waals surface area (Å²) in [5, 5.41) is 2.81. The number of rotatable bonds is 7. The Morgan fingerprint density at radius 1 is 1.42 bits per heavy atom. The number of carbonyl (C=O) groups is 1. The summed E-state index contributed by atoms with van der Waals surface area (Å²) in [6, 6.07) is 3.45. The predicted molar refractivity (Wildman–Crippen MR) is 74.4 cm³/mol. The van der Waals surface area contributed by atoms with Crippen molar-refractivity contribution >= 4 is 11.6 Å². The normalized spacial score (nSPS) is 13.7. The summed E-state index contributed by atoms with van der Waals surface area (Å²) in [5.41, 5.74) is -0.179. The lowest BCUT2D eigenvalue weighted by Crippen LogP contribution is -2.42. The molecule has 0 radical (unpaired) electrons. The second kappa shape index (κ2) is 7.09. The molecule has 1 rings (SSSR count). The van der Waals surface area contributed by atoms with Crippen LogP contribution in [0.5, 0.6) is 5.88 Å². The Hall–Kier alpha value is -1.62. The molecule has 5 heteroatoms. The number of ether oxygens (including phenoxy) is 2. The number of hydrogen-bond donors (Lipinski definition) is 1. The van der Waals surface area contributed by atoms with E-state index >= 15 is 0 Å². The smallest absolute Gasteiger partial charge is 0.256 e. The minimum atomic E-state index is -0.810. The molecule has 1 heterocycles. The van der Waals surface area contributed by atoms with Gasteiger partial charge in [-0.15, -0.1) is 0 Å². The fourth-order valence-electron chi connectivity index (χ4n) is 1.49. The molecule has 0 saturated heterocycles. The van der Waals surface area contributed by atoms with Crippen LogP contribution in [0.2, 0.25) is 0 Å². The van der Waals surface area contributed by atoms with E-state index < -0.39 is 5.60 Å². The Bertz CT molecular complexity index is 406. The van der Waals surface area contributed by atoms with Gasteiger partial charge in [0.1, 0.15) is 5.60 Å². The topological polar surface area (TPSA) is 60.5 Å². The largest absolute Gasteiger partial charge is 0.481 e. The zero-order chi connectivity index (χ0) is 14.3. The molecule has 0 fully saturated rings. The second-order valence-electron chi connectivity index (χ2n) is 4.48. The van der Waals surface area contributed by atoms with Gasteiger partial charge in [-0.2, -0.15) is 0 Å². The van der Waals surface area contributed by atoms with Gasteiger partial charge in [0.05, 0.1) is 19.0 Å². The predicted octanol–water partition coefficient (Wildman–Crippen LogP) is 2.62. The summed E-state index contributed by atoms with van der Waals surface area (Å²) in [7, 11) is 1.55. The molecule has 1 N–H and O–H groups in total. The van der Waals surface area contributed by atoms with Gasteiger partial charge < -0.3 is 14.8 Å². The van der Waals surface area contributed by atoms with E-state index in [1.807, 2.05) is 13.8 Å². The maximum atomic E-state index is 12.2. The number of carbonyl (C=O) groups excluding carboxylic acids is 1. The highest BCUT2D eigenvalue weighted by Crippen LogP contribution is 2.19. The number of amides is 1. The van der Waals surface area contributed by atoms with Crippen molar-refractivity contribution in [3.63, 3.8) is 0 Å². The summed E-state index contributed by atoms with van der Waals surface area (Å²) >= 11 is 0. The summed E-state index contributed by atoms with van der Waals surface area (Å²) in [5.74, 6) is 0.355. The molecular formula is C14H22N2O3. The molecule has 0 bridgehead atoms. The lowest BCUT2D eigenvalue weighted by molar-refractivity contribution is -0.139. The van der Waals surface area contributed by atoms with Crippen LogP contribution in [0.3, 0.4) is 0 Å². The molecule has 1 unspecified atom stereocenters. The van der Waals surface area contributed by atoms with E-state index in [1.54, 1.807) is 32.4 Å². The summed E-state index contributed by atoms with van der Waals surface area (Å²) in [4.78, 5) is 16.3. The molecule has 0 saturated carbocycles. The molecular weight excluding hydrogens is 244 g/mol. The quantitative estimate of drug-likeness (QED) is 0.824. The Balaban J connectivity index is 2.70. The van der Waals surface area contributed by atoms with Crippen LogP contribution in [0.25, 0.3) is 0 Å². The fourth-order valence-corrected chi connectivity index (χ4v) is 1.49. The minimum absolute atomic E-state index is 0.157. The van der Waals surface area contributed by atoms with Gasteiger partial charge in [0.2, 0.25) is 5.88 Å². The summed E-state index contributed by atoms with van der Waals surface area (Å²) in [6.45, 7) is 6.32. The van der Waals surface area contributed by atoms with Crippen LogP contribution in [-0.2, 0) is 9.53 Å². The molecule has 1 aromatic heterocycles. The number of aromatic nitrogens is 1. The van der Waals surface area contributed by atoms with E-state index in [-0.39, 0.29) is 5.91 Å². The SMILES string of the molecule is CCCOC(C)(CC)C(=O)Nc1ccc(OC)nc1. The number of nitrogens with one attached hydrogen (secondary N) is 1. The van der Waals surface area contributed by atoms with E-state index in [9.17, 15) is 4.79 Å². The molecule has 0 spiro atoms. The standard InChI is InChI=1S/C14H22N2O3/c1-5-9-19-14(3,6-2)13(17)16-11-7-8-12(18-4)15-10-11/h7-8,10H,5-6,9H2,1-4H3,(H,16,17). The maximum Gasteiger partial charge on any atom is 0.256 e. The van der Waals surface area contributed by atoms with Crippen LogP contribution in [0.1, 0.15) is 33.6 Å². The van der Waals surface area contributed by atoms with Crippen LogP contribution >= 0.6 is 0 Å². The third-order valence-electron chi connectivity index (χ3n) is 2.98. The van der Waals surface area contributed by atoms with Crippen molar-refractivity contribution in [1.29, 1.82) is 0 Å². The number of hydrogen-bond acceptors (Lipinski definition) is 4. The molecule has 5 nitrogen and oxygen atoms in total. The van der Waals surface area contributed by atoms with E-state index in [1.165, 1.54) is 0 Å². The molecule has 0 aliphatic heterocycles. The van der Waals surface area contributed by atoms with Gasteiger partial charge in [-0.05, 0) is 25.8 Å². The van der Waals surface area contributed by atoms with Gasteiger partial charge in [-0.1, -0.05) is 13.8 Å². The fraction of sp³-hybridized carbons (Fsp3) is 0.571. The first kappa shape index (κ1) is 15.4. The van der Waals surface area contributed by atoms with E-state index in [2.05, 4.69) is 10.3 Å². The van der Waals surface area contributed by atoms with E-state index in [0.29, 0.717) is 24.6 Å². The van der Waals surface area contributed by atoms with Crippen molar-refractivity contribution in [2.24, 2.45) is 0 Å². The van der Waals surface area contributed by atoms with Crippen molar-refractivity contribution in [2.75, 3.05) is 19.0 Å². The first-order chi connectivity index (χ1) is 9.05. The molecule has 0 aliphatic carbocycles. The summed E-state index contributed by atoms with van der Waals surface area (Å²) < 4.78 is 10.6. The molecule has 1 amide bonds. The zero-order valence-corrected chi connectivity index (χ0v) is 12.0. The van der Waals surface area contributed by atoms with Gasteiger partial charge in [0, 0.05) is 12.7 Å². The number of methoxy groups -OCH3 is 1. The third-order valence-corrected chi connectivity index (χ3v) is 2.98.